The number of aromatic amines is 2. The number of ether oxygens (including phenoxy) is 2. The molecule has 0 bridgehead atoms. The van der Waals surface area contributed by atoms with E-state index in [2.05, 4.69) is 78.5 Å². The third kappa shape index (κ3) is 6.97. The van der Waals surface area contributed by atoms with Gasteiger partial charge in [0.25, 0.3) is 0 Å². The average Bonchev–Trinajstić information content (AvgIpc) is 3.84. The number of nitrogens with zero attached hydrogens (tertiary/aromatic N) is 3. The highest BCUT2D eigenvalue weighted by Gasteiger charge is 2.19. The molecular formula is C39H46N6O4. The SMILES string of the molecule is COc1cc2oc(=O)c(C)c(C)c2cc1OCCCN1CCN(c2cccc3[nH]ccc23)CC1.c1cc(N2CCNCC2)c2cc[nH]c2c1. The number of rotatable bonds is 8. The second kappa shape index (κ2) is 14.7. The molecule has 0 saturated carbocycles. The van der Waals surface area contributed by atoms with Gasteiger partial charge in [-0.2, -0.15) is 0 Å². The summed E-state index contributed by atoms with van der Waals surface area (Å²) in [5.74, 6) is 1.25. The zero-order valence-electron chi connectivity index (χ0n) is 28.7. The van der Waals surface area contributed by atoms with Crippen molar-refractivity contribution in [1.29, 1.82) is 0 Å². The summed E-state index contributed by atoms with van der Waals surface area (Å²) in [6.07, 6.45) is 4.94. The molecule has 3 aromatic heterocycles. The van der Waals surface area contributed by atoms with Crippen molar-refractivity contribution in [1.82, 2.24) is 20.2 Å². The monoisotopic (exact) mass is 662 g/mol. The van der Waals surface area contributed by atoms with Gasteiger partial charge in [-0.05, 0) is 68.3 Å². The van der Waals surface area contributed by atoms with Gasteiger partial charge in [0.2, 0.25) is 0 Å². The largest absolute Gasteiger partial charge is 0.493 e. The highest BCUT2D eigenvalue weighted by molar-refractivity contribution is 5.93. The topological polar surface area (TPSA) is 102 Å². The van der Waals surface area contributed by atoms with Crippen LogP contribution in [0.4, 0.5) is 11.4 Å². The lowest BCUT2D eigenvalue weighted by molar-refractivity contribution is 0.221. The highest BCUT2D eigenvalue weighted by atomic mass is 16.5. The molecule has 0 aliphatic carbocycles. The molecule has 2 fully saturated rings. The summed E-state index contributed by atoms with van der Waals surface area (Å²) < 4.78 is 17.0. The second-order valence-electron chi connectivity index (χ2n) is 12.8. The van der Waals surface area contributed by atoms with Gasteiger partial charge in [-0.15, -0.1) is 0 Å². The highest BCUT2D eigenvalue weighted by Crippen LogP contribution is 2.34. The van der Waals surface area contributed by atoms with E-state index in [0.717, 1.165) is 76.3 Å². The number of piperazine rings is 2. The van der Waals surface area contributed by atoms with Gasteiger partial charge in [-0.1, -0.05) is 12.1 Å². The lowest BCUT2D eigenvalue weighted by atomic mass is 10.1. The zero-order valence-corrected chi connectivity index (χ0v) is 28.7. The molecule has 6 aromatic rings. The number of nitrogens with one attached hydrogen (secondary N) is 3. The number of H-pyrrole nitrogens is 2. The first-order chi connectivity index (χ1) is 24.0. The quantitative estimate of drug-likeness (QED) is 0.133. The maximum Gasteiger partial charge on any atom is 0.339 e. The molecule has 2 saturated heterocycles. The van der Waals surface area contributed by atoms with Gasteiger partial charge in [0.05, 0.1) is 13.7 Å². The standard InChI is InChI=1S/C27H31N3O4.C12H15N3/c1-18-19(2)27(31)34-24-17-25(32-3)26(16-21(18)24)33-15-5-10-29-11-13-30(14-12-29)23-7-4-6-22-20(23)8-9-28-22;1-2-11-10(4-5-14-11)12(3-1)15-8-6-13-7-9-15/h4,6-9,16-17,28H,5,10-15H2,1-3H3;1-5,13-14H,6-9H2. The van der Waals surface area contributed by atoms with Gasteiger partial charge in [0, 0.05) is 121 Å². The zero-order chi connectivity index (χ0) is 33.7. The molecule has 3 aromatic carbocycles. The minimum atomic E-state index is -0.314. The summed E-state index contributed by atoms with van der Waals surface area (Å²) in [6, 6.07) is 20.9. The van der Waals surface area contributed by atoms with Crippen LogP contribution in [-0.2, 0) is 0 Å². The first-order valence-electron chi connectivity index (χ1n) is 17.3. The second-order valence-corrected chi connectivity index (χ2v) is 12.8. The minimum Gasteiger partial charge on any atom is -0.493 e. The molecular weight excluding hydrogens is 616 g/mol. The van der Waals surface area contributed by atoms with Gasteiger partial charge < -0.3 is 39.0 Å². The molecule has 0 spiro atoms. The molecule has 0 amide bonds. The summed E-state index contributed by atoms with van der Waals surface area (Å²) >= 11 is 0. The van der Waals surface area contributed by atoms with Crippen molar-refractivity contribution >= 4 is 44.1 Å². The van der Waals surface area contributed by atoms with Crippen molar-refractivity contribution in [3.05, 3.63) is 94.6 Å². The van der Waals surface area contributed by atoms with Crippen LogP contribution in [0.1, 0.15) is 17.5 Å². The predicted molar refractivity (Wildman–Crippen MR) is 199 cm³/mol. The predicted octanol–water partition coefficient (Wildman–Crippen LogP) is 6.07. The van der Waals surface area contributed by atoms with E-state index >= 15 is 0 Å². The number of anilines is 2. The van der Waals surface area contributed by atoms with Gasteiger partial charge in [0.1, 0.15) is 5.58 Å². The number of aromatic nitrogens is 2. The Morgan fingerprint density at radius 3 is 2.00 bits per heavy atom. The molecule has 0 atom stereocenters. The Bertz CT molecular complexity index is 2080. The first-order valence-corrected chi connectivity index (χ1v) is 17.3. The molecule has 0 unspecified atom stereocenters. The molecule has 256 valence electrons. The van der Waals surface area contributed by atoms with E-state index in [-0.39, 0.29) is 5.63 Å². The smallest absolute Gasteiger partial charge is 0.339 e. The van der Waals surface area contributed by atoms with Crippen LogP contribution in [0.5, 0.6) is 11.5 Å². The van der Waals surface area contributed by atoms with Crippen molar-refractivity contribution < 1.29 is 13.9 Å². The fraction of sp³-hybridized carbons (Fsp3) is 0.359. The summed E-state index contributed by atoms with van der Waals surface area (Å²) in [7, 11) is 1.60. The van der Waals surface area contributed by atoms with E-state index < -0.39 is 0 Å². The summed E-state index contributed by atoms with van der Waals surface area (Å²) in [6.45, 7) is 13.8. The van der Waals surface area contributed by atoms with Crippen LogP contribution in [-0.4, -0.2) is 87.5 Å². The molecule has 10 heteroatoms. The van der Waals surface area contributed by atoms with E-state index in [1.165, 1.54) is 33.2 Å². The molecule has 49 heavy (non-hydrogen) atoms. The Morgan fingerprint density at radius 2 is 1.37 bits per heavy atom. The molecule has 8 rings (SSSR count). The fourth-order valence-corrected chi connectivity index (χ4v) is 7.00. The maximum absolute atomic E-state index is 12.0. The Labute approximate surface area is 286 Å². The molecule has 10 nitrogen and oxygen atoms in total. The van der Waals surface area contributed by atoms with Crippen LogP contribution < -0.4 is 30.2 Å². The number of aryl methyl sites for hydroxylation is 1. The number of fused-ring (bicyclic) bond motifs is 3. The summed E-state index contributed by atoms with van der Waals surface area (Å²) in [5, 5.41) is 6.88. The minimum absolute atomic E-state index is 0.314. The summed E-state index contributed by atoms with van der Waals surface area (Å²) in [5.41, 5.74) is 6.82. The number of hydrogen-bond donors (Lipinski definition) is 3. The van der Waals surface area contributed by atoms with Crippen molar-refractivity contribution in [3.8, 4) is 11.5 Å². The van der Waals surface area contributed by atoms with Crippen LogP contribution in [0.15, 0.2) is 82.3 Å². The Hall–Kier alpha value is -4.93. The lowest BCUT2D eigenvalue weighted by Gasteiger charge is -2.36. The number of methoxy groups -OCH3 is 1. The van der Waals surface area contributed by atoms with Crippen molar-refractivity contribution in [2.24, 2.45) is 0 Å². The van der Waals surface area contributed by atoms with E-state index in [0.29, 0.717) is 29.3 Å². The van der Waals surface area contributed by atoms with E-state index in [4.69, 9.17) is 13.9 Å². The number of hydrogen-bond acceptors (Lipinski definition) is 8. The van der Waals surface area contributed by atoms with Crippen LogP contribution in [0, 0.1) is 13.8 Å². The van der Waals surface area contributed by atoms with Crippen LogP contribution >= 0.6 is 0 Å². The van der Waals surface area contributed by atoms with Gasteiger partial charge in [0.15, 0.2) is 11.5 Å². The third-order valence-corrected chi connectivity index (χ3v) is 9.93. The maximum atomic E-state index is 12.0. The molecule has 3 N–H and O–H groups in total. The molecule has 5 heterocycles. The van der Waals surface area contributed by atoms with Crippen molar-refractivity contribution in [2.75, 3.05) is 82.4 Å². The Morgan fingerprint density at radius 1 is 0.735 bits per heavy atom. The molecule has 2 aliphatic rings. The average molecular weight is 663 g/mol. The van der Waals surface area contributed by atoms with E-state index in [9.17, 15) is 4.79 Å². The summed E-state index contributed by atoms with van der Waals surface area (Å²) in [4.78, 5) is 26.0. The Balaban J connectivity index is 0.000000209. The lowest BCUT2D eigenvalue weighted by Crippen LogP contribution is -2.46. The van der Waals surface area contributed by atoms with Gasteiger partial charge in [-0.3, -0.25) is 4.90 Å². The molecule has 2 aliphatic heterocycles. The van der Waals surface area contributed by atoms with Gasteiger partial charge in [-0.25, -0.2) is 4.79 Å². The van der Waals surface area contributed by atoms with Crippen molar-refractivity contribution in [2.45, 2.75) is 20.3 Å². The van der Waals surface area contributed by atoms with Crippen LogP contribution in [0.3, 0.4) is 0 Å². The normalized spacial score (nSPS) is 15.5. The Kier molecular flexibility index (Phi) is 9.77. The first kappa shape index (κ1) is 32.6. The van der Waals surface area contributed by atoms with E-state index in [1.54, 1.807) is 20.1 Å². The fourth-order valence-electron chi connectivity index (χ4n) is 7.00. The van der Waals surface area contributed by atoms with Crippen LogP contribution in [0.2, 0.25) is 0 Å². The van der Waals surface area contributed by atoms with Crippen LogP contribution in [0.25, 0.3) is 32.8 Å². The van der Waals surface area contributed by atoms with Crippen molar-refractivity contribution in [3.63, 3.8) is 0 Å². The third-order valence-electron chi connectivity index (χ3n) is 9.93. The van der Waals surface area contributed by atoms with E-state index in [1.807, 2.05) is 25.4 Å². The number of benzene rings is 3. The van der Waals surface area contributed by atoms with Gasteiger partial charge >= 0.3 is 5.63 Å². The molecule has 0 radical (unpaired) electrons.